The number of pyridine rings is 1. The van der Waals surface area contributed by atoms with E-state index in [1.165, 1.54) is 12.1 Å². The second-order valence-electron chi connectivity index (χ2n) is 4.70. The van der Waals surface area contributed by atoms with Gasteiger partial charge in [-0.05, 0) is 24.3 Å². The third-order valence-corrected chi connectivity index (χ3v) is 3.58. The van der Waals surface area contributed by atoms with Crippen LogP contribution in [0.15, 0.2) is 42.6 Å². The maximum atomic E-state index is 13.6. The number of nitrogens with one attached hydrogen (secondary N) is 1. The van der Waals surface area contributed by atoms with Gasteiger partial charge in [-0.25, -0.2) is 4.39 Å². The largest absolute Gasteiger partial charge is 0.348 e. The van der Waals surface area contributed by atoms with Crippen molar-refractivity contribution in [1.82, 2.24) is 19.9 Å². The van der Waals surface area contributed by atoms with Crippen LogP contribution in [0.2, 0.25) is 5.02 Å². The molecule has 2 heterocycles. The normalized spacial score (nSPS) is 10.8. The van der Waals surface area contributed by atoms with Crippen molar-refractivity contribution >= 4 is 23.2 Å². The van der Waals surface area contributed by atoms with Crippen LogP contribution in [-0.4, -0.2) is 20.5 Å². The average Bonchev–Trinajstić information content (AvgIpc) is 2.92. The average molecular weight is 319 g/mol. The minimum Gasteiger partial charge on any atom is -0.348 e. The summed E-state index contributed by atoms with van der Waals surface area (Å²) >= 11 is 5.90. The minimum atomic E-state index is -0.490. The quantitative estimate of drug-likeness (QED) is 0.803. The van der Waals surface area contributed by atoms with Crippen LogP contribution in [0.3, 0.4) is 0 Å². The summed E-state index contributed by atoms with van der Waals surface area (Å²) in [7, 11) is 0. The van der Waals surface area contributed by atoms with E-state index in [-0.39, 0.29) is 29.5 Å². The smallest absolute Gasteiger partial charge is 0.224 e. The summed E-state index contributed by atoms with van der Waals surface area (Å²) in [5, 5.41) is 10.9. The standard InChI is InChI=1S/C15H12ClFN4O/c16-11-4-3-5-12(17)10(11)8-15(22)18-9-14-20-19-13-6-1-2-7-21(13)14/h1-7H,8-9H2,(H,18,22). The van der Waals surface area contributed by atoms with Crippen molar-refractivity contribution in [3.8, 4) is 0 Å². The Kier molecular flexibility index (Phi) is 4.02. The zero-order chi connectivity index (χ0) is 15.5. The summed E-state index contributed by atoms with van der Waals surface area (Å²) in [6, 6.07) is 9.85. The van der Waals surface area contributed by atoms with Crippen LogP contribution in [0, 0.1) is 5.82 Å². The van der Waals surface area contributed by atoms with Crippen LogP contribution < -0.4 is 5.32 Å². The highest BCUT2D eigenvalue weighted by atomic mass is 35.5. The van der Waals surface area contributed by atoms with E-state index in [2.05, 4.69) is 15.5 Å². The summed E-state index contributed by atoms with van der Waals surface area (Å²) in [5.74, 6) is -0.223. The molecule has 3 rings (SSSR count). The number of carbonyl (C=O) groups excluding carboxylic acids is 1. The molecule has 7 heteroatoms. The lowest BCUT2D eigenvalue weighted by atomic mass is 10.1. The molecule has 2 aromatic heterocycles. The predicted octanol–water partition coefficient (Wildman–Crippen LogP) is 2.38. The first-order valence-electron chi connectivity index (χ1n) is 6.63. The van der Waals surface area contributed by atoms with Gasteiger partial charge in [0, 0.05) is 16.8 Å². The van der Waals surface area contributed by atoms with Gasteiger partial charge in [0.15, 0.2) is 11.5 Å². The molecular weight excluding hydrogens is 307 g/mol. The molecule has 112 valence electrons. The fraction of sp³-hybridized carbons (Fsp3) is 0.133. The second kappa shape index (κ2) is 6.11. The monoisotopic (exact) mass is 318 g/mol. The molecule has 0 fully saturated rings. The molecule has 0 aliphatic rings. The van der Waals surface area contributed by atoms with E-state index in [0.29, 0.717) is 11.5 Å². The Morgan fingerprint density at radius 2 is 2.09 bits per heavy atom. The minimum absolute atomic E-state index is 0.123. The highest BCUT2D eigenvalue weighted by Crippen LogP contribution is 2.19. The Bertz CT molecular complexity index is 813. The van der Waals surface area contributed by atoms with Gasteiger partial charge in [-0.1, -0.05) is 23.7 Å². The van der Waals surface area contributed by atoms with Gasteiger partial charge in [0.2, 0.25) is 5.91 Å². The molecule has 0 saturated heterocycles. The molecule has 1 amide bonds. The fourth-order valence-electron chi connectivity index (χ4n) is 2.11. The highest BCUT2D eigenvalue weighted by Gasteiger charge is 2.12. The second-order valence-corrected chi connectivity index (χ2v) is 5.11. The summed E-state index contributed by atoms with van der Waals surface area (Å²) < 4.78 is 15.4. The van der Waals surface area contributed by atoms with Crippen LogP contribution >= 0.6 is 11.6 Å². The molecule has 0 unspecified atom stereocenters. The van der Waals surface area contributed by atoms with Gasteiger partial charge in [-0.15, -0.1) is 10.2 Å². The predicted molar refractivity (Wildman–Crippen MR) is 79.9 cm³/mol. The van der Waals surface area contributed by atoms with Crippen LogP contribution in [0.25, 0.3) is 5.65 Å². The Morgan fingerprint density at radius 1 is 1.23 bits per heavy atom. The zero-order valence-electron chi connectivity index (χ0n) is 11.5. The molecule has 22 heavy (non-hydrogen) atoms. The summed E-state index contributed by atoms with van der Waals surface area (Å²) in [4.78, 5) is 12.0. The van der Waals surface area contributed by atoms with Crippen LogP contribution in [-0.2, 0) is 17.8 Å². The van der Waals surface area contributed by atoms with Gasteiger partial charge < -0.3 is 5.32 Å². The SMILES string of the molecule is O=C(Cc1c(F)cccc1Cl)NCc1nnc2ccccn12. The van der Waals surface area contributed by atoms with Crippen molar-refractivity contribution in [1.29, 1.82) is 0 Å². The molecule has 0 bridgehead atoms. The van der Waals surface area contributed by atoms with E-state index < -0.39 is 5.82 Å². The van der Waals surface area contributed by atoms with Gasteiger partial charge in [-0.2, -0.15) is 0 Å². The first-order valence-corrected chi connectivity index (χ1v) is 7.01. The van der Waals surface area contributed by atoms with Crippen molar-refractivity contribution in [3.63, 3.8) is 0 Å². The maximum absolute atomic E-state index is 13.6. The molecule has 1 aromatic carbocycles. The molecule has 3 aromatic rings. The lowest BCUT2D eigenvalue weighted by Crippen LogP contribution is -2.26. The first kappa shape index (κ1) is 14.5. The topological polar surface area (TPSA) is 59.3 Å². The van der Waals surface area contributed by atoms with E-state index in [9.17, 15) is 9.18 Å². The Hall–Kier alpha value is -2.47. The number of hydrogen-bond donors (Lipinski definition) is 1. The van der Waals surface area contributed by atoms with Crippen molar-refractivity contribution < 1.29 is 9.18 Å². The summed E-state index contributed by atoms with van der Waals surface area (Å²) in [6.45, 7) is 0.204. The maximum Gasteiger partial charge on any atom is 0.224 e. The number of aromatic nitrogens is 3. The fourth-order valence-corrected chi connectivity index (χ4v) is 2.34. The first-order chi connectivity index (χ1) is 10.6. The molecule has 1 N–H and O–H groups in total. The third kappa shape index (κ3) is 2.92. The number of halogens is 2. The van der Waals surface area contributed by atoms with Gasteiger partial charge in [0.05, 0.1) is 13.0 Å². The molecule has 5 nitrogen and oxygen atoms in total. The Labute approximate surface area is 130 Å². The molecule has 0 radical (unpaired) electrons. The number of amides is 1. The summed E-state index contributed by atoms with van der Waals surface area (Å²) in [5.41, 5.74) is 0.886. The summed E-state index contributed by atoms with van der Waals surface area (Å²) in [6.07, 6.45) is 1.69. The Morgan fingerprint density at radius 3 is 2.91 bits per heavy atom. The van der Waals surface area contributed by atoms with Gasteiger partial charge >= 0.3 is 0 Å². The van der Waals surface area contributed by atoms with Gasteiger partial charge in [0.1, 0.15) is 5.82 Å². The lowest BCUT2D eigenvalue weighted by molar-refractivity contribution is -0.120. The molecule has 0 atom stereocenters. The van der Waals surface area contributed by atoms with Crippen molar-refractivity contribution in [2.45, 2.75) is 13.0 Å². The van der Waals surface area contributed by atoms with E-state index in [1.54, 1.807) is 10.5 Å². The molecule has 0 spiro atoms. The van der Waals surface area contributed by atoms with Crippen LogP contribution in [0.4, 0.5) is 4.39 Å². The molecular formula is C15H12ClFN4O. The van der Waals surface area contributed by atoms with E-state index in [0.717, 1.165) is 0 Å². The van der Waals surface area contributed by atoms with E-state index >= 15 is 0 Å². The molecule has 0 aliphatic carbocycles. The number of rotatable bonds is 4. The Balaban J connectivity index is 1.68. The molecule has 0 aliphatic heterocycles. The molecule has 0 saturated carbocycles. The third-order valence-electron chi connectivity index (χ3n) is 3.23. The highest BCUT2D eigenvalue weighted by molar-refractivity contribution is 6.31. The number of hydrogen-bond acceptors (Lipinski definition) is 3. The van der Waals surface area contributed by atoms with Crippen LogP contribution in [0.1, 0.15) is 11.4 Å². The van der Waals surface area contributed by atoms with Gasteiger partial charge in [-0.3, -0.25) is 9.20 Å². The van der Waals surface area contributed by atoms with E-state index in [4.69, 9.17) is 11.6 Å². The number of carbonyl (C=O) groups is 1. The van der Waals surface area contributed by atoms with Crippen molar-refractivity contribution in [2.75, 3.05) is 0 Å². The number of benzene rings is 1. The van der Waals surface area contributed by atoms with Gasteiger partial charge in [0.25, 0.3) is 0 Å². The lowest BCUT2D eigenvalue weighted by Gasteiger charge is -2.07. The van der Waals surface area contributed by atoms with Crippen molar-refractivity contribution in [2.24, 2.45) is 0 Å². The van der Waals surface area contributed by atoms with Crippen LogP contribution in [0.5, 0.6) is 0 Å². The van der Waals surface area contributed by atoms with E-state index in [1.807, 2.05) is 24.4 Å². The zero-order valence-corrected chi connectivity index (χ0v) is 12.2. The number of nitrogens with zero attached hydrogens (tertiary/aromatic N) is 3. The van der Waals surface area contributed by atoms with Crippen molar-refractivity contribution in [3.05, 3.63) is 64.8 Å². The number of fused-ring (bicyclic) bond motifs is 1.